The van der Waals surface area contributed by atoms with Crippen LogP contribution in [0.5, 0.6) is 5.88 Å². The maximum absolute atomic E-state index is 10.4. The Hall–Kier alpha value is -1.58. The Morgan fingerprint density at radius 3 is 3.42 bits per heavy atom. The van der Waals surface area contributed by atoms with Gasteiger partial charge in [0.15, 0.2) is 6.29 Å². The molecule has 0 aliphatic carbocycles. The van der Waals surface area contributed by atoms with Crippen molar-refractivity contribution in [3.8, 4) is 5.88 Å². The molecule has 2 rings (SSSR count). The number of rotatable bonds is 1. The molecule has 2 heterocycles. The summed E-state index contributed by atoms with van der Waals surface area (Å²) in [5.41, 5.74) is 1.36. The van der Waals surface area contributed by atoms with Crippen molar-refractivity contribution in [2.75, 3.05) is 18.5 Å². The second kappa shape index (κ2) is 2.81. The number of aldehydes is 1. The SMILES string of the molecule is O=Cc1cnc2c(c1)NCCO2. The lowest BCUT2D eigenvalue weighted by Crippen LogP contribution is -2.18. The molecule has 0 saturated carbocycles. The van der Waals surface area contributed by atoms with Gasteiger partial charge in [-0.3, -0.25) is 4.79 Å². The van der Waals surface area contributed by atoms with Crippen LogP contribution in [-0.4, -0.2) is 24.4 Å². The van der Waals surface area contributed by atoms with Gasteiger partial charge in [-0.15, -0.1) is 0 Å². The van der Waals surface area contributed by atoms with Gasteiger partial charge < -0.3 is 10.1 Å². The lowest BCUT2D eigenvalue weighted by molar-refractivity contribution is 0.112. The first kappa shape index (κ1) is 7.09. The summed E-state index contributed by atoms with van der Waals surface area (Å²) in [7, 11) is 0. The van der Waals surface area contributed by atoms with Crippen molar-refractivity contribution in [3.63, 3.8) is 0 Å². The highest BCUT2D eigenvalue weighted by Crippen LogP contribution is 2.24. The van der Waals surface area contributed by atoms with Gasteiger partial charge in [-0.25, -0.2) is 4.98 Å². The molecular weight excluding hydrogens is 156 g/mol. The quantitative estimate of drug-likeness (QED) is 0.621. The molecule has 1 aromatic rings. The van der Waals surface area contributed by atoms with Gasteiger partial charge in [-0.1, -0.05) is 0 Å². The zero-order valence-electron chi connectivity index (χ0n) is 6.41. The summed E-state index contributed by atoms with van der Waals surface area (Å²) < 4.78 is 5.23. The molecule has 4 heteroatoms. The van der Waals surface area contributed by atoms with Gasteiger partial charge in [0, 0.05) is 18.3 Å². The van der Waals surface area contributed by atoms with E-state index in [9.17, 15) is 4.79 Å². The molecule has 0 aromatic carbocycles. The van der Waals surface area contributed by atoms with Crippen molar-refractivity contribution in [1.29, 1.82) is 0 Å². The zero-order valence-corrected chi connectivity index (χ0v) is 6.41. The van der Waals surface area contributed by atoms with Crippen LogP contribution in [0, 0.1) is 0 Å². The Labute approximate surface area is 69.6 Å². The van der Waals surface area contributed by atoms with E-state index < -0.39 is 0 Å². The number of nitrogens with zero attached hydrogens (tertiary/aromatic N) is 1. The first-order valence-corrected chi connectivity index (χ1v) is 3.72. The van der Waals surface area contributed by atoms with E-state index in [1.807, 2.05) is 0 Å². The summed E-state index contributed by atoms with van der Waals surface area (Å²) in [5.74, 6) is 0.576. The number of hydrogen-bond donors (Lipinski definition) is 1. The van der Waals surface area contributed by atoms with E-state index in [4.69, 9.17) is 4.74 Å². The maximum atomic E-state index is 10.4. The van der Waals surface area contributed by atoms with Crippen molar-refractivity contribution in [2.24, 2.45) is 0 Å². The highest BCUT2D eigenvalue weighted by molar-refractivity contribution is 5.77. The summed E-state index contributed by atoms with van der Waals surface area (Å²) in [6, 6.07) is 1.73. The van der Waals surface area contributed by atoms with Crippen LogP contribution in [0.2, 0.25) is 0 Å². The number of hydrogen-bond acceptors (Lipinski definition) is 4. The highest BCUT2D eigenvalue weighted by atomic mass is 16.5. The maximum Gasteiger partial charge on any atom is 0.237 e. The number of ether oxygens (including phenoxy) is 1. The molecule has 0 saturated heterocycles. The molecule has 0 bridgehead atoms. The van der Waals surface area contributed by atoms with Crippen LogP contribution in [0.1, 0.15) is 10.4 Å². The molecule has 1 aromatic heterocycles. The topological polar surface area (TPSA) is 51.2 Å². The summed E-state index contributed by atoms with van der Waals surface area (Å²) >= 11 is 0. The predicted molar refractivity (Wildman–Crippen MR) is 43.6 cm³/mol. The summed E-state index contributed by atoms with van der Waals surface area (Å²) in [4.78, 5) is 14.4. The van der Waals surface area contributed by atoms with Crippen LogP contribution in [0.3, 0.4) is 0 Å². The van der Waals surface area contributed by atoms with Crippen molar-refractivity contribution < 1.29 is 9.53 Å². The lowest BCUT2D eigenvalue weighted by atomic mass is 10.2. The average Bonchev–Trinajstić information content (AvgIpc) is 2.17. The molecule has 12 heavy (non-hydrogen) atoms. The largest absolute Gasteiger partial charge is 0.474 e. The number of pyridine rings is 1. The summed E-state index contributed by atoms with van der Waals surface area (Å²) in [6.07, 6.45) is 2.27. The normalized spacial score (nSPS) is 14.0. The van der Waals surface area contributed by atoms with Gasteiger partial charge in [0.25, 0.3) is 0 Å². The lowest BCUT2D eigenvalue weighted by Gasteiger charge is -2.17. The van der Waals surface area contributed by atoms with E-state index in [1.54, 1.807) is 6.07 Å². The number of aromatic nitrogens is 1. The Morgan fingerprint density at radius 1 is 1.67 bits per heavy atom. The minimum absolute atomic E-state index is 0.562. The minimum atomic E-state index is 0.562. The van der Waals surface area contributed by atoms with Crippen molar-refractivity contribution in [2.45, 2.75) is 0 Å². The standard InChI is InChI=1S/C8H8N2O2/c11-5-6-3-7-8(10-4-6)12-2-1-9-7/h3-5,9H,1-2H2. The van der Waals surface area contributed by atoms with Gasteiger partial charge in [0.1, 0.15) is 6.61 Å². The smallest absolute Gasteiger partial charge is 0.237 e. The van der Waals surface area contributed by atoms with Crippen LogP contribution in [0.4, 0.5) is 5.69 Å². The molecule has 1 aliphatic rings. The van der Waals surface area contributed by atoms with E-state index in [0.29, 0.717) is 18.1 Å². The van der Waals surface area contributed by atoms with Gasteiger partial charge in [-0.05, 0) is 6.07 Å². The van der Waals surface area contributed by atoms with E-state index in [2.05, 4.69) is 10.3 Å². The van der Waals surface area contributed by atoms with E-state index in [1.165, 1.54) is 6.20 Å². The van der Waals surface area contributed by atoms with Crippen molar-refractivity contribution in [3.05, 3.63) is 17.8 Å². The number of carbonyl (C=O) groups excluding carboxylic acids is 1. The van der Waals surface area contributed by atoms with Gasteiger partial charge in [0.05, 0.1) is 5.69 Å². The van der Waals surface area contributed by atoms with Crippen LogP contribution < -0.4 is 10.1 Å². The Morgan fingerprint density at radius 2 is 2.58 bits per heavy atom. The Kier molecular flexibility index (Phi) is 1.66. The van der Waals surface area contributed by atoms with Crippen LogP contribution in [-0.2, 0) is 0 Å². The third-order valence-corrected chi connectivity index (χ3v) is 1.66. The molecular formula is C8H8N2O2. The first-order valence-electron chi connectivity index (χ1n) is 3.72. The molecule has 1 N–H and O–H groups in total. The fourth-order valence-electron chi connectivity index (χ4n) is 1.11. The molecule has 0 fully saturated rings. The third kappa shape index (κ3) is 1.11. The molecule has 0 atom stereocenters. The molecule has 62 valence electrons. The van der Waals surface area contributed by atoms with Gasteiger partial charge in [-0.2, -0.15) is 0 Å². The first-order chi connectivity index (χ1) is 5.90. The average molecular weight is 164 g/mol. The predicted octanol–water partition coefficient (Wildman–Crippen LogP) is 0.698. The second-order valence-corrected chi connectivity index (χ2v) is 2.51. The van der Waals surface area contributed by atoms with Crippen LogP contribution in [0.15, 0.2) is 12.3 Å². The second-order valence-electron chi connectivity index (χ2n) is 2.51. The van der Waals surface area contributed by atoms with Gasteiger partial charge >= 0.3 is 0 Å². The molecule has 0 radical (unpaired) electrons. The van der Waals surface area contributed by atoms with Gasteiger partial charge in [0.2, 0.25) is 5.88 Å². The number of nitrogens with one attached hydrogen (secondary N) is 1. The Bertz CT molecular complexity index is 312. The summed E-state index contributed by atoms with van der Waals surface area (Å²) in [6.45, 7) is 1.39. The van der Waals surface area contributed by atoms with E-state index in [0.717, 1.165) is 18.5 Å². The van der Waals surface area contributed by atoms with Crippen LogP contribution in [0.25, 0.3) is 0 Å². The zero-order chi connectivity index (χ0) is 8.39. The molecule has 1 aliphatic heterocycles. The van der Waals surface area contributed by atoms with Crippen LogP contribution >= 0.6 is 0 Å². The molecule has 0 spiro atoms. The molecule has 4 nitrogen and oxygen atoms in total. The summed E-state index contributed by atoms with van der Waals surface area (Å²) in [5, 5.41) is 3.09. The third-order valence-electron chi connectivity index (χ3n) is 1.66. The fraction of sp³-hybridized carbons (Fsp3) is 0.250. The number of fused-ring (bicyclic) bond motifs is 1. The number of carbonyl (C=O) groups is 1. The molecule has 0 amide bonds. The fourth-order valence-corrected chi connectivity index (χ4v) is 1.11. The van der Waals surface area contributed by atoms with E-state index in [-0.39, 0.29) is 0 Å². The minimum Gasteiger partial charge on any atom is -0.474 e. The monoisotopic (exact) mass is 164 g/mol. The highest BCUT2D eigenvalue weighted by Gasteiger charge is 2.10. The molecule has 0 unspecified atom stereocenters. The van der Waals surface area contributed by atoms with Crippen molar-refractivity contribution in [1.82, 2.24) is 4.98 Å². The number of anilines is 1. The van der Waals surface area contributed by atoms with E-state index >= 15 is 0 Å². The Balaban J connectivity index is 2.42. The van der Waals surface area contributed by atoms with Crippen molar-refractivity contribution >= 4 is 12.0 Å².